The van der Waals surface area contributed by atoms with E-state index < -0.39 is 0 Å². The van der Waals surface area contributed by atoms with Gasteiger partial charge in [-0.1, -0.05) is 24.3 Å². The zero-order chi connectivity index (χ0) is 13.9. The fourth-order valence-electron chi connectivity index (χ4n) is 2.19. The lowest BCUT2D eigenvalue weighted by atomic mass is 10.1. The predicted octanol–water partition coefficient (Wildman–Crippen LogP) is 3.25. The predicted molar refractivity (Wildman–Crippen MR) is 76.2 cm³/mol. The monoisotopic (exact) mass is 269 g/mol. The summed E-state index contributed by atoms with van der Waals surface area (Å²) in [4.78, 5) is 4.28. The molecule has 2 aromatic rings. The first-order chi connectivity index (χ1) is 9.81. The fraction of sp³-hybridized carbons (Fsp3) is 0.188. The molecule has 0 radical (unpaired) electrons. The summed E-state index contributed by atoms with van der Waals surface area (Å²) < 4.78 is 16.4. The molecule has 0 saturated carbocycles. The van der Waals surface area contributed by atoms with Crippen LogP contribution in [-0.4, -0.2) is 19.2 Å². The van der Waals surface area contributed by atoms with Crippen LogP contribution in [0, 0.1) is 0 Å². The largest absolute Gasteiger partial charge is 0.481 e. The number of benzene rings is 1. The lowest BCUT2D eigenvalue weighted by molar-refractivity contribution is 0.242. The first kappa shape index (κ1) is 12.5. The highest BCUT2D eigenvalue weighted by molar-refractivity contribution is 5.60. The van der Waals surface area contributed by atoms with E-state index in [1.165, 1.54) is 0 Å². The molecule has 2 heterocycles. The van der Waals surface area contributed by atoms with Crippen LogP contribution in [0.15, 0.2) is 42.5 Å². The molecule has 0 aliphatic carbocycles. The van der Waals surface area contributed by atoms with Gasteiger partial charge in [0.05, 0.1) is 19.8 Å². The van der Waals surface area contributed by atoms with Crippen LogP contribution in [0.3, 0.4) is 0 Å². The maximum absolute atomic E-state index is 5.99. The third kappa shape index (κ3) is 2.20. The lowest BCUT2D eigenvalue weighted by Gasteiger charge is -2.22. The van der Waals surface area contributed by atoms with Gasteiger partial charge >= 0.3 is 0 Å². The van der Waals surface area contributed by atoms with Gasteiger partial charge in [0, 0.05) is 11.6 Å². The molecule has 3 rings (SSSR count). The van der Waals surface area contributed by atoms with Gasteiger partial charge in [0.25, 0.3) is 0 Å². The number of nitrogens with zero attached hydrogens (tertiary/aromatic N) is 1. The minimum Gasteiger partial charge on any atom is -0.481 e. The molecule has 1 aromatic heterocycles. The molecule has 1 aliphatic heterocycles. The SMILES string of the molecule is COc1ccc(C2C=Cc3ccccc3O2)c(OC)n1. The minimum atomic E-state index is -0.210. The molecule has 4 nitrogen and oxygen atoms in total. The van der Waals surface area contributed by atoms with Gasteiger partial charge in [-0.25, -0.2) is 0 Å². The third-order valence-corrected chi connectivity index (χ3v) is 3.20. The Bertz CT molecular complexity index is 652. The van der Waals surface area contributed by atoms with Gasteiger partial charge in [-0.3, -0.25) is 0 Å². The molecule has 20 heavy (non-hydrogen) atoms. The van der Waals surface area contributed by atoms with Crippen molar-refractivity contribution >= 4 is 6.08 Å². The van der Waals surface area contributed by atoms with Crippen LogP contribution in [0.2, 0.25) is 0 Å². The first-order valence-electron chi connectivity index (χ1n) is 6.34. The molecular formula is C16H15NO3. The number of ether oxygens (including phenoxy) is 3. The van der Waals surface area contributed by atoms with Crippen LogP contribution < -0.4 is 14.2 Å². The molecule has 1 unspecified atom stereocenters. The smallest absolute Gasteiger partial charge is 0.223 e. The second-order valence-electron chi connectivity index (χ2n) is 4.39. The van der Waals surface area contributed by atoms with E-state index in [0.29, 0.717) is 11.8 Å². The second kappa shape index (κ2) is 5.25. The molecule has 0 bridgehead atoms. The first-order valence-corrected chi connectivity index (χ1v) is 6.34. The van der Waals surface area contributed by atoms with Crippen molar-refractivity contribution in [2.45, 2.75) is 6.10 Å². The lowest BCUT2D eigenvalue weighted by Crippen LogP contribution is -2.11. The highest BCUT2D eigenvalue weighted by Gasteiger charge is 2.21. The fourth-order valence-corrected chi connectivity index (χ4v) is 2.19. The summed E-state index contributed by atoms with van der Waals surface area (Å²) in [6, 6.07) is 11.6. The Hall–Kier alpha value is -2.49. The summed E-state index contributed by atoms with van der Waals surface area (Å²) in [5, 5.41) is 0. The Morgan fingerprint density at radius 1 is 1.05 bits per heavy atom. The van der Waals surface area contributed by atoms with Crippen molar-refractivity contribution in [1.29, 1.82) is 0 Å². The van der Waals surface area contributed by atoms with Crippen molar-refractivity contribution in [2.24, 2.45) is 0 Å². The number of hydrogen-bond acceptors (Lipinski definition) is 4. The zero-order valence-electron chi connectivity index (χ0n) is 11.4. The van der Waals surface area contributed by atoms with Gasteiger partial charge in [-0.2, -0.15) is 4.98 Å². The Kier molecular flexibility index (Phi) is 3.29. The summed E-state index contributed by atoms with van der Waals surface area (Å²) in [5.41, 5.74) is 1.95. The Morgan fingerprint density at radius 2 is 1.90 bits per heavy atom. The van der Waals surface area contributed by atoms with E-state index in [1.54, 1.807) is 20.3 Å². The molecule has 0 spiro atoms. The van der Waals surface area contributed by atoms with E-state index in [9.17, 15) is 0 Å². The average molecular weight is 269 g/mol. The van der Waals surface area contributed by atoms with Crippen molar-refractivity contribution in [3.63, 3.8) is 0 Å². The quantitative estimate of drug-likeness (QED) is 0.857. The summed E-state index contributed by atoms with van der Waals surface area (Å²) in [6.45, 7) is 0. The summed E-state index contributed by atoms with van der Waals surface area (Å²) in [7, 11) is 3.17. The van der Waals surface area contributed by atoms with Crippen LogP contribution in [0.25, 0.3) is 6.08 Å². The maximum atomic E-state index is 5.99. The number of hydrogen-bond donors (Lipinski definition) is 0. The number of aromatic nitrogens is 1. The molecule has 102 valence electrons. The van der Waals surface area contributed by atoms with Gasteiger partial charge in [0.15, 0.2) is 0 Å². The standard InChI is InChI=1S/C16H15NO3/c1-18-15-10-8-12(16(17-15)19-2)14-9-7-11-5-3-4-6-13(11)20-14/h3-10,14H,1-2H3. The molecule has 0 N–H and O–H groups in total. The van der Waals surface area contributed by atoms with Crippen LogP contribution in [0.4, 0.5) is 0 Å². The Balaban J connectivity index is 1.95. The van der Waals surface area contributed by atoms with Gasteiger partial charge in [-0.05, 0) is 18.2 Å². The van der Waals surface area contributed by atoms with Gasteiger partial charge in [-0.15, -0.1) is 0 Å². The van der Waals surface area contributed by atoms with Crippen LogP contribution in [-0.2, 0) is 0 Å². The van der Waals surface area contributed by atoms with Crippen LogP contribution >= 0.6 is 0 Å². The number of pyridine rings is 1. The summed E-state index contributed by atoms with van der Waals surface area (Å²) >= 11 is 0. The molecule has 0 amide bonds. The number of fused-ring (bicyclic) bond motifs is 1. The van der Waals surface area contributed by atoms with Crippen LogP contribution in [0.5, 0.6) is 17.5 Å². The van der Waals surface area contributed by atoms with E-state index in [-0.39, 0.29) is 6.10 Å². The number of rotatable bonds is 3. The van der Waals surface area contributed by atoms with E-state index in [4.69, 9.17) is 14.2 Å². The normalized spacial score (nSPS) is 16.2. The average Bonchev–Trinajstić information content (AvgIpc) is 2.53. The van der Waals surface area contributed by atoms with Crippen molar-refractivity contribution in [3.05, 3.63) is 53.6 Å². The minimum absolute atomic E-state index is 0.210. The molecule has 1 atom stereocenters. The molecule has 1 aliphatic rings. The number of para-hydroxylation sites is 1. The molecular weight excluding hydrogens is 254 g/mol. The molecule has 0 fully saturated rings. The molecule has 0 saturated heterocycles. The Morgan fingerprint density at radius 3 is 2.70 bits per heavy atom. The van der Waals surface area contributed by atoms with Crippen molar-refractivity contribution < 1.29 is 14.2 Å². The van der Waals surface area contributed by atoms with Gasteiger partial charge < -0.3 is 14.2 Å². The third-order valence-electron chi connectivity index (χ3n) is 3.20. The highest BCUT2D eigenvalue weighted by Crippen LogP contribution is 2.35. The number of methoxy groups -OCH3 is 2. The molecule has 1 aromatic carbocycles. The van der Waals surface area contributed by atoms with Crippen molar-refractivity contribution in [3.8, 4) is 17.5 Å². The van der Waals surface area contributed by atoms with Crippen molar-refractivity contribution in [2.75, 3.05) is 14.2 Å². The maximum Gasteiger partial charge on any atom is 0.223 e. The Labute approximate surface area is 117 Å². The summed E-state index contributed by atoms with van der Waals surface area (Å²) in [6.07, 6.45) is 3.83. The van der Waals surface area contributed by atoms with E-state index in [1.807, 2.05) is 42.5 Å². The highest BCUT2D eigenvalue weighted by atomic mass is 16.5. The second-order valence-corrected chi connectivity index (χ2v) is 4.39. The summed E-state index contributed by atoms with van der Waals surface area (Å²) in [5.74, 6) is 1.89. The van der Waals surface area contributed by atoms with E-state index >= 15 is 0 Å². The van der Waals surface area contributed by atoms with Crippen LogP contribution in [0.1, 0.15) is 17.2 Å². The van der Waals surface area contributed by atoms with Gasteiger partial charge in [0.2, 0.25) is 11.8 Å². The molecule has 4 heteroatoms. The van der Waals surface area contributed by atoms with E-state index in [2.05, 4.69) is 4.98 Å². The topological polar surface area (TPSA) is 40.6 Å². The zero-order valence-corrected chi connectivity index (χ0v) is 11.4. The van der Waals surface area contributed by atoms with E-state index in [0.717, 1.165) is 16.9 Å². The van der Waals surface area contributed by atoms with Gasteiger partial charge in [0.1, 0.15) is 11.9 Å². The van der Waals surface area contributed by atoms with Crippen molar-refractivity contribution in [1.82, 2.24) is 4.98 Å².